The normalized spacial score (nSPS) is 11.3. The van der Waals surface area contributed by atoms with Crippen LogP contribution in [0, 0.1) is 0 Å². The predicted octanol–water partition coefficient (Wildman–Crippen LogP) is 1.38. The molecule has 0 aromatic carbocycles. The second-order valence-electron chi connectivity index (χ2n) is 4.69. The molecule has 0 saturated carbocycles. The van der Waals surface area contributed by atoms with Crippen molar-refractivity contribution in [1.82, 2.24) is 19.8 Å². The summed E-state index contributed by atoms with van der Waals surface area (Å²) in [7, 11) is 4.23. The second kappa shape index (κ2) is 8.25. The first-order valence-corrected chi connectivity index (χ1v) is 6.59. The van der Waals surface area contributed by atoms with Gasteiger partial charge in [-0.25, -0.2) is 4.98 Å². The molecule has 1 heterocycles. The summed E-state index contributed by atoms with van der Waals surface area (Å²) in [5, 5.41) is 3.47. The third kappa shape index (κ3) is 5.84. The predicted molar refractivity (Wildman–Crippen MR) is 72.3 cm³/mol. The van der Waals surface area contributed by atoms with Crippen LogP contribution >= 0.6 is 0 Å². The van der Waals surface area contributed by atoms with E-state index in [4.69, 9.17) is 0 Å². The molecule has 4 nitrogen and oxygen atoms in total. The molecule has 1 aromatic heterocycles. The van der Waals surface area contributed by atoms with Crippen LogP contribution in [0.5, 0.6) is 0 Å². The Balaban J connectivity index is 2.11. The molecule has 1 aromatic rings. The first-order chi connectivity index (χ1) is 8.24. The molecule has 0 fully saturated rings. The molecule has 4 heteroatoms. The molecular formula is C13H26N4. The lowest BCUT2D eigenvalue weighted by Gasteiger charge is -2.11. The molecule has 0 aliphatic carbocycles. The van der Waals surface area contributed by atoms with E-state index in [0.29, 0.717) is 0 Å². The van der Waals surface area contributed by atoms with Crippen LogP contribution in [0.25, 0.3) is 0 Å². The smallest absolute Gasteiger partial charge is 0.108 e. The summed E-state index contributed by atoms with van der Waals surface area (Å²) in [6.07, 6.45) is 7.42. The number of hydrogen-bond acceptors (Lipinski definition) is 3. The maximum absolute atomic E-state index is 4.37. The molecule has 1 rings (SSSR count). The second-order valence-corrected chi connectivity index (χ2v) is 4.69. The summed E-state index contributed by atoms with van der Waals surface area (Å²) in [6.45, 7) is 6.49. The maximum Gasteiger partial charge on any atom is 0.108 e. The Kier molecular flexibility index (Phi) is 6.89. The number of aromatic nitrogens is 2. The van der Waals surface area contributed by atoms with Crippen molar-refractivity contribution in [1.29, 1.82) is 0 Å². The van der Waals surface area contributed by atoms with Gasteiger partial charge in [0.2, 0.25) is 0 Å². The molecule has 0 aliphatic heterocycles. The van der Waals surface area contributed by atoms with Gasteiger partial charge in [-0.2, -0.15) is 0 Å². The van der Waals surface area contributed by atoms with Crippen LogP contribution in [-0.2, 0) is 13.0 Å². The van der Waals surface area contributed by atoms with Gasteiger partial charge >= 0.3 is 0 Å². The maximum atomic E-state index is 4.37. The molecule has 0 bridgehead atoms. The molecule has 0 radical (unpaired) electrons. The van der Waals surface area contributed by atoms with Gasteiger partial charge in [-0.05, 0) is 40.0 Å². The molecule has 0 spiro atoms. The Labute approximate surface area is 105 Å². The first kappa shape index (κ1) is 14.2. The van der Waals surface area contributed by atoms with Gasteiger partial charge in [-0.15, -0.1) is 0 Å². The molecule has 0 atom stereocenters. The summed E-state index contributed by atoms with van der Waals surface area (Å²) >= 11 is 0. The van der Waals surface area contributed by atoms with E-state index < -0.39 is 0 Å². The van der Waals surface area contributed by atoms with Crippen LogP contribution in [0.15, 0.2) is 12.4 Å². The van der Waals surface area contributed by atoms with Gasteiger partial charge in [0.25, 0.3) is 0 Å². The SMILES string of the molecule is CCCc1nccn1CCNCCCN(C)C. The van der Waals surface area contributed by atoms with Gasteiger partial charge in [0, 0.05) is 31.9 Å². The van der Waals surface area contributed by atoms with E-state index in [-0.39, 0.29) is 0 Å². The van der Waals surface area contributed by atoms with Crippen LogP contribution in [0.2, 0.25) is 0 Å². The fourth-order valence-corrected chi connectivity index (χ4v) is 1.84. The van der Waals surface area contributed by atoms with Crippen molar-refractivity contribution in [2.24, 2.45) is 0 Å². The van der Waals surface area contributed by atoms with Gasteiger partial charge in [-0.1, -0.05) is 6.92 Å². The highest BCUT2D eigenvalue weighted by atomic mass is 15.1. The molecular weight excluding hydrogens is 212 g/mol. The quantitative estimate of drug-likeness (QED) is 0.660. The lowest BCUT2D eigenvalue weighted by atomic mass is 10.3. The molecule has 1 N–H and O–H groups in total. The number of hydrogen-bond donors (Lipinski definition) is 1. The summed E-state index contributed by atoms with van der Waals surface area (Å²) in [5.74, 6) is 1.21. The van der Waals surface area contributed by atoms with E-state index >= 15 is 0 Å². The van der Waals surface area contributed by atoms with Crippen molar-refractivity contribution in [3.05, 3.63) is 18.2 Å². The van der Waals surface area contributed by atoms with Gasteiger partial charge in [0.05, 0.1) is 0 Å². The summed E-state index contributed by atoms with van der Waals surface area (Å²) in [5.41, 5.74) is 0. The third-order valence-corrected chi connectivity index (χ3v) is 2.76. The minimum Gasteiger partial charge on any atom is -0.334 e. The minimum absolute atomic E-state index is 1.03. The molecule has 0 saturated heterocycles. The van der Waals surface area contributed by atoms with Gasteiger partial charge < -0.3 is 14.8 Å². The molecule has 0 amide bonds. The average Bonchev–Trinajstić information content (AvgIpc) is 2.71. The minimum atomic E-state index is 1.03. The highest BCUT2D eigenvalue weighted by molar-refractivity contribution is 4.92. The van der Waals surface area contributed by atoms with Gasteiger partial charge in [0.15, 0.2) is 0 Å². The average molecular weight is 238 g/mol. The van der Waals surface area contributed by atoms with Crippen LogP contribution in [-0.4, -0.2) is 48.2 Å². The largest absolute Gasteiger partial charge is 0.334 e. The number of nitrogens with zero attached hydrogens (tertiary/aromatic N) is 3. The number of aryl methyl sites for hydroxylation is 1. The Hall–Kier alpha value is -0.870. The number of nitrogens with one attached hydrogen (secondary N) is 1. The summed E-state index contributed by atoms with van der Waals surface area (Å²) < 4.78 is 2.25. The fourth-order valence-electron chi connectivity index (χ4n) is 1.84. The molecule has 0 unspecified atom stereocenters. The van der Waals surface area contributed by atoms with Gasteiger partial charge in [-0.3, -0.25) is 0 Å². The van der Waals surface area contributed by atoms with E-state index in [0.717, 1.165) is 39.0 Å². The van der Waals surface area contributed by atoms with Crippen molar-refractivity contribution in [2.75, 3.05) is 33.7 Å². The van der Waals surface area contributed by atoms with Crippen LogP contribution < -0.4 is 5.32 Å². The topological polar surface area (TPSA) is 33.1 Å². The number of rotatable bonds is 9. The lowest BCUT2D eigenvalue weighted by Crippen LogP contribution is -2.24. The van der Waals surface area contributed by atoms with Crippen molar-refractivity contribution in [3.63, 3.8) is 0 Å². The first-order valence-electron chi connectivity index (χ1n) is 6.59. The highest BCUT2D eigenvalue weighted by Crippen LogP contribution is 2.00. The zero-order chi connectivity index (χ0) is 12.5. The molecule has 17 heavy (non-hydrogen) atoms. The Morgan fingerprint density at radius 3 is 2.88 bits per heavy atom. The fraction of sp³-hybridized carbons (Fsp3) is 0.769. The Bertz CT molecular complexity index is 293. The van der Waals surface area contributed by atoms with E-state index in [1.165, 1.54) is 12.2 Å². The Morgan fingerprint density at radius 1 is 1.35 bits per heavy atom. The Morgan fingerprint density at radius 2 is 2.18 bits per heavy atom. The van der Waals surface area contributed by atoms with E-state index in [9.17, 15) is 0 Å². The van der Waals surface area contributed by atoms with E-state index in [1.807, 2.05) is 6.20 Å². The van der Waals surface area contributed by atoms with Crippen molar-refractivity contribution >= 4 is 0 Å². The van der Waals surface area contributed by atoms with Crippen molar-refractivity contribution in [3.8, 4) is 0 Å². The standard InChI is InChI=1S/C13H26N4/c1-4-6-13-15-9-12-17(13)11-8-14-7-5-10-16(2)3/h9,12,14H,4-8,10-11H2,1-3H3. The van der Waals surface area contributed by atoms with Crippen molar-refractivity contribution < 1.29 is 0 Å². The zero-order valence-corrected chi connectivity index (χ0v) is 11.4. The zero-order valence-electron chi connectivity index (χ0n) is 11.4. The lowest BCUT2D eigenvalue weighted by molar-refractivity contribution is 0.393. The van der Waals surface area contributed by atoms with E-state index in [2.05, 4.69) is 47.0 Å². The highest BCUT2D eigenvalue weighted by Gasteiger charge is 2.00. The monoisotopic (exact) mass is 238 g/mol. The molecule has 98 valence electrons. The summed E-state index contributed by atoms with van der Waals surface area (Å²) in [4.78, 5) is 6.59. The van der Waals surface area contributed by atoms with Crippen LogP contribution in [0.4, 0.5) is 0 Å². The number of imidazole rings is 1. The third-order valence-electron chi connectivity index (χ3n) is 2.76. The molecule has 0 aliphatic rings. The van der Waals surface area contributed by atoms with Crippen molar-refractivity contribution in [2.45, 2.75) is 32.7 Å². The van der Waals surface area contributed by atoms with E-state index in [1.54, 1.807) is 0 Å². The summed E-state index contributed by atoms with van der Waals surface area (Å²) in [6, 6.07) is 0. The van der Waals surface area contributed by atoms with Crippen LogP contribution in [0.3, 0.4) is 0 Å². The van der Waals surface area contributed by atoms with Crippen LogP contribution in [0.1, 0.15) is 25.6 Å². The van der Waals surface area contributed by atoms with Gasteiger partial charge in [0.1, 0.15) is 5.82 Å².